The van der Waals surface area contributed by atoms with Crippen molar-refractivity contribution in [3.63, 3.8) is 0 Å². The summed E-state index contributed by atoms with van der Waals surface area (Å²) in [7, 11) is 1.64. The van der Waals surface area contributed by atoms with E-state index in [-0.39, 0.29) is 0 Å². The number of fused-ring (bicyclic) bond motifs is 1. The van der Waals surface area contributed by atoms with Gasteiger partial charge in [-0.25, -0.2) is 0 Å². The second-order valence-corrected chi connectivity index (χ2v) is 5.29. The van der Waals surface area contributed by atoms with Crippen molar-refractivity contribution in [1.82, 2.24) is 0 Å². The van der Waals surface area contributed by atoms with Gasteiger partial charge in [0.25, 0.3) is 0 Å². The van der Waals surface area contributed by atoms with Gasteiger partial charge in [0.1, 0.15) is 11.9 Å². The summed E-state index contributed by atoms with van der Waals surface area (Å²) in [5.41, 5.74) is 0.789. The Hall–Kier alpha value is -1.78. The maximum atomic E-state index is 10.6. The minimum Gasteiger partial charge on any atom is -0.496 e. The molecule has 1 atom stereocenters. The molecular weight excluding hydrogens is 320 g/mol. The van der Waals surface area contributed by atoms with E-state index in [4.69, 9.17) is 9.15 Å². The molecule has 0 fully saturated rings. The lowest BCUT2D eigenvalue weighted by molar-refractivity contribution is 0.189. The van der Waals surface area contributed by atoms with Crippen molar-refractivity contribution in [3.05, 3.63) is 64.5 Å². The number of benzene rings is 2. The number of ether oxygens (including phenoxy) is 1. The first-order chi connectivity index (χ1) is 9.72. The summed E-state index contributed by atoms with van der Waals surface area (Å²) in [6.07, 6.45) is 0.726. The Morgan fingerprint density at radius 1 is 1.10 bits per heavy atom. The van der Waals surface area contributed by atoms with Crippen LogP contribution in [0.5, 0.6) is 5.75 Å². The summed E-state index contributed by atoms with van der Waals surface area (Å²) in [6, 6.07) is 13.3. The molecule has 1 aromatic heterocycles. The third kappa shape index (κ3) is 2.11. The molecule has 0 spiro atoms. The van der Waals surface area contributed by atoms with Gasteiger partial charge in [-0.15, -0.1) is 0 Å². The minimum atomic E-state index is -0.824. The van der Waals surface area contributed by atoms with Crippen LogP contribution in [0.2, 0.25) is 0 Å². The molecule has 20 heavy (non-hydrogen) atoms. The molecule has 0 amide bonds. The standard InChI is InChI=1S/C16H13BrO3/c1-19-14-7-6-12(10-4-2-3-5-11(10)14)15(18)16-13(17)8-9-20-16/h2-9,15,18H,1H3. The topological polar surface area (TPSA) is 42.6 Å². The van der Waals surface area contributed by atoms with Crippen LogP contribution in [0.1, 0.15) is 17.4 Å². The molecule has 3 nitrogen and oxygen atoms in total. The lowest BCUT2D eigenvalue weighted by Crippen LogP contribution is -2.00. The molecule has 0 radical (unpaired) electrons. The highest BCUT2D eigenvalue weighted by Gasteiger charge is 2.20. The second kappa shape index (κ2) is 5.31. The lowest BCUT2D eigenvalue weighted by Gasteiger charge is -2.14. The third-order valence-electron chi connectivity index (χ3n) is 3.33. The van der Waals surface area contributed by atoms with Crippen LogP contribution in [0.4, 0.5) is 0 Å². The zero-order valence-corrected chi connectivity index (χ0v) is 12.4. The summed E-state index contributed by atoms with van der Waals surface area (Å²) < 4.78 is 11.5. The van der Waals surface area contributed by atoms with E-state index < -0.39 is 6.10 Å². The number of methoxy groups -OCH3 is 1. The molecule has 0 bridgehead atoms. The third-order valence-corrected chi connectivity index (χ3v) is 3.98. The molecule has 3 rings (SSSR count). The van der Waals surface area contributed by atoms with E-state index in [0.717, 1.165) is 26.6 Å². The summed E-state index contributed by atoms with van der Waals surface area (Å²) >= 11 is 3.38. The SMILES string of the molecule is COc1ccc(C(O)c2occc2Br)c2ccccc12. The zero-order valence-electron chi connectivity index (χ0n) is 10.8. The van der Waals surface area contributed by atoms with E-state index in [1.807, 2.05) is 36.4 Å². The molecule has 2 aromatic carbocycles. The first-order valence-electron chi connectivity index (χ1n) is 6.19. The highest BCUT2D eigenvalue weighted by atomic mass is 79.9. The van der Waals surface area contributed by atoms with Crippen molar-refractivity contribution in [1.29, 1.82) is 0 Å². The van der Waals surface area contributed by atoms with Crippen LogP contribution >= 0.6 is 15.9 Å². The average molecular weight is 333 g/mol. The molecule has 3 aromatic rings. The molecule has 0 aliphatic carbocycles. The fourth-order valence-electron chi connectivity index (χ4n) is 2.35. The molecule has 0 saturated carbocycles. The van der Waals surface area contributed by atoms with Gasteiger partial charge >= 0.3 is 0 Å². The minimum absolute atomic E-state index is 0.500. The molecule has 1 unspecified atom stereocenters. The van der Waals surface area contributed by atoms with E-state index in [2.05, 4.69) is 15.9 Å². The Kier molecular flexibility index (Phi) is 3.51. The summed E-state index contributed by atoms with van der Waals surface area (Å²) in [5.74, 6) is 1.29. The lowest BCUT2D eigenvalue weighted by atomic mass is 9.98. The van der Waals surface area contributed by atoms with Crippen molar-refractivity contribution >= 4 is 26.7 Å². The van der Waals surface area contributed by atoms with Crippen molar-refractivity contribution in [2.45, 2.75) is 6.10 Å². The summed E-state index contributed by atoms with van der Waals surface area (Å²) in [6.45, 7) is 0. The quantitative estimate of drug-likeness (QED) is 0.778. The predicted molar refractivity (Wildman–Crippen MR) is 81.0 cm³/mol. The van der Waals surface area contributed by atoms with Crippen LogP contribution in [0.15, 0.2) is 57.6 Å². The zero-order chi connectivity index (χ0) is 14.1. The monoisotopic (exact) mass is 332 g/mol. The first-order valence-corrected chi connectivity index (χ1v) is 6.98. The molecule has 0 saturated heterocycles. The average Bonchev–Trinajstić information content (AvgIpc) is 2.91. The van der Waals surface area contributed by atoms with Crippen molar-refractivity contribution in [2.24, 2.45) is 0 Å². The number of hydrogen-bond acceptors (Lipinski definition) is 3. The number of halogens is 1. The second-order valence-electron chi connectivity index (χ2n) is 4.44. The molecule has 4 heteroatoms. The molecular formula is C16H13BrO3. The maximum Gasteiger partial charge on any atom is 0.150 e. The van der Waals surface area contributed by atoms with Crippen molar-refractivity contribution < 1.29 is 14.3 Å². The molecule has 0 aliphatic heterocycles. The van der Waals surface area contributed by atoms with E-state index in [1.54, 1.807) is 19.4 Å². The first kappa shape index (κ1) is 13.2. The highest BCUT2D eigenvalue weighted by molar-refractivity contribution is 9.10. The number of furan rings is 1. The Balaban J connectivity index is 2.20. The van der Waals surface area contributed by atoms with Gasteiger partial charge in [0, 0.05) is 5.39 Å². The van der Waals surface area contributed by atoms with Crippen LogP contribution in [-0.4, -0.2) is 12.2 Å². The number of aliphatic hydroxyl groups is 1. The smallest absolute Gasteiger partial charge is 0.150 e. The van der Waals surface area contributed by atoms with Crippen molar-refractivity contribution in [2.75, 3.05) is 7.11 Å². The van der Waals surface area contributed by atoms with Gasteiger partial charge in [-0.05, 0) is 39.0 Å². The molecule has 0 aliphatic rings. The van der Waals surface area contributed by atoms with E-state index in [0.29, 0.717) is 5.76 Å². The largest absolute Gasteiger partial charge is 0.496 e. The van der Waals surface area contributed by atoms with Crippen LogP contribution < -0.4 is 4.74 Å². The van der Waals surface area contributed by atoms with Gasteiger partial charge in [0.05, 0.1) is 17.8 Å². The summed E-state index contributed by atoms with van der Waals surface area (Å²) in [4.78, 5) is 0. The fourth-order valence-corrected chi connectivity index (χ4v) is 2.77. The molecule has 1 heterocycles. The van der Waals surface area contributed by atoms with Gasteiger partial charge < -0.3 is 14.3 Å². The van der Waals surface area contributed by atoms with Gasteiger partial charge in [0.15, 0.2) is 5.76 Å². The van der Waals surface area contributed by atoms with Crippen LogP contribution in [-0.2, 0) is 0 Å². The predicted octanol–water partition coefficient (Wildman–Crippen LogP) is 4.29. The molecule has 102 valence electrons. The highest BCUT2D eigenvalue weighted by Crippen LogP contribution is 2.36. The van der Waals surface area contributed by atoms with E-state index in [1.165, 1.54) is 0 Å². The van der Waals surface area contributed by atoms with Crippen molar-refractivity contribution in [3.8, 4) is 5.75 Å². The summed E-state index contributed by atoms with van der Waals surface area (Å²) in [5, 5.41) is 12.5. The van der Waals surface area contributed by atoms with Gasteiger partial charge in [-0.3, -0.25) is 0 Å². The Bertz CT molecular complexity index is 748. The Morgan fingerprint density at radius 3 is 2.50 bits per heavy atom. The van der Waals surface area contributed by atoms with Gasteiger partial charge in [0.2, 0.25) is 0 Å². The Labute approximate surface area is 124 Å². The number of hydrogen-bond donors (Lipinski definition) is 1. The van der Waals surface area contributed by atoms with E-state index >= 15 is 0 Å². The van der Waals surface area contributed by atoms with E-state index in [9.17, 15) is 5.11 Å². The normalized spacial score (nSPS) is 12.6. The molecule has 1 N–H and O–H groups in total. The van der Waals surface area contributed by atoms with Crippen LogP contribution in [0, 0.1) is 0 Å². The number of aliphatic hydroxyl groups excluding tert-OH is 1. The maximum absolute atomic E-state index is 10.6. The van der Waals surface area contributed by atoms with Gasteiger partial charge in [-0.2, -0.15) is 0 Å². The fraction of sp³-hybridized carbons (Fsp3) is 0.125. The Morgan fingerprint density at radius 2 is 1.85 bits per heavy atom. The van der Waals surface area contributed by atoms with Crippen LogP contribution in [0.3, 0.4) is 0 Å². The van der Waals surface area contributed by atoms with Gasteiger partial charge in [-0.1, -0.05) is 30.3 Å². The van der Waals surface area contributed by atoms with Crippen LogP contribution in [0.25, 0.3) is 10.8 Å². The number of rotatable bonds is 3.